The molecule has 0 saturated heterocycles. The average molecular weight is 314 g/mol. The van der Waals surface area contributed by atoms with E-state index in [-0.39, 0.29) is 22.9 Å². The average Bonchev–Trinajstić information content (AvgIpc) is 2.38. The summed E-state index contributed by atoms with van der Waals surface area (Å²) in [5.41, 5.74) is -0.0399. The van der Waals surface area contributed by atoms with Crippen molar-refractivity contribution in [2.45, 2.75) is 18.7 Å². The summed E-state index contributed by atoms with van der Waals surface area (Å²) in [5.74, 6) is -1.79. The molecule has 0 N–H and O–H groups in total. The smallest absolute Gasteiger partial charge is 0.492 e. The number of rotatable bonds is 5. The van der Waals surface area contributed by atoms with Gasteiger partial charge in [-0.25, -0.2) is 0 Å². The number of nitrogens with zero attached hydrogens (tertiary/aromatic N) is 1. The van der Waals surface area contributed by atoms with Crippen LogP contribution in [0.1, 0.15) is 11.3 Å². The predicted molar refractivity (Wildman–Crippen MR) is 62.7 cm³/mol. The Morgan fingerprint density at radius 3 is 2.45 bits per heavy atom. The van der Waals surface area contributed by atoms with E-state index in [2.05, 4.69) is 14.5 Å². The topological polar surface area (TPSA) is 57.7 Å². The second-order valence-electron chi connectivity index (χ2n) is 3.53. The maximum absolute atomic E-state index is 12.4. The van der Waals surface area contributed by atoms with E-state index < -0.39 is 24.5 Å². The van der Waals surface area contributed by atoms with Gasteiger partial charge in [0, 0.05) is 11.8 Å². The first kappa shape index (κ1) is 16.4. The van der Waals surface area contributed by atoms with Crippen LogP contribution in [0.25, 0.3) is 0 Å². The number of aromatic nitrogens is 1. The number of carbonyl (C=O) groups excluding carboxylic acids is 1. The summed E-state index contributed by atoms with van der Waals surface area (Å²) in [6.45, 7) is 0. The van der Waals surface area contributed by atoms with Crippen molar-refractivity contribution < 1.29 is 32.2 Å². The highest BCUT2D eigenvalue weighted by Crippen LogP contribution is 2.38. The van der Waals surface area contributed by atoms with Gasteiger partial charge in [0.25, 0.3) is 0 Å². The van der Waals surface area contributed by atoms with E-state index in [0.29, 0.717) is 0 Å². The van der Waals surface area contributed by atoms with Crippen molar-refractivity contribution in [2.24, 2.45) is 0 Å². The van der Waals surface area contributed by atoms with Crippen molar-refractivity contribution in [2.75, 3.05) is 14.2 Å². The first-order valence-electron chi connectivity index (χ1n) is 5.25. The van der Waals surface area contributed by atoms with Crippen molar-refractivity contribution in [1.29, 1.82) is 0 Å². The molecule has 1 aromatic rings. The van der Waals surface area contributed by atoms with Gasteiger partial charge in [-0.1, -0.05) is 0 Å². The highest BCUT2D eigenvalue weighted by molar-refractivity contribution is 6.17. The van der Waals surface area contributed by atoms with Crippen LogP contribution in [-0.2, 0) is 21.8 Å². The molecule has 1 heterocycles. The molecule has 1 aromatic heterocycles. The Bertz CT molecular complexity index is 493. The molecule has 0 aliphatic rings. The molecule has 0 radical (unpaired) electrons. The summed E-state index contributed by atoms with van der Waals surface area (Å²) in [7, 11) is 2.27. The second kappa shape index (κ2) is 6.65. The van der Waals surface area contributed by atoms with Crippen LogP contribution in [0.5, 0.6) is 11.5 Å². The zero-order chi connectivity index (χ0) is 15.3. The molecule has 0 aliphatic heterocycles. The van der Waals surface area contributed by atoms with Crippen molar-refractivity contribution in [3.63, 3.8) is 0 Å². The molecule has 0 spiro atoms. The fraction of sp³-hybridized carbons (Fsp3) is 0.455. The van der Waals surface area contributed by atoms with E-state index in [1.807, 2.05) is 0 Å². The minimum Gasteiger partial charge on any atom is -0.492 e. The van der Waals surface area contributed by atoms with Gasteiger partial charge in [0.15, 0.2) is 11.5 Å². The molecule has 0 atom stereocenters. The Labute approximate surface area is 117 Å². The fourth-order valence-electron chi connectivity index (χ4n) is 1.42. The van der Waals surface area contributed by atoms with Crippen LogP contribution in [0.3, 0.4) is 0 Å². The van der Waals surface area contributed by atoms with Crippen molar-refractivity contribution in [3.05, 3.63) is 17.5 Å². The molecule has 9 heteroatoms. The molecular formula is C11H11ClF3NO4. The zero-order valence-electron chi connectivity index (χ0n) is 10.6. The first-order valence-corrected chi connectivity index (χ1v) is 5.79. The van der Waals surface area contributed by atoms with Gasteiger partial charge in [0.05, 0.1) is 32.2 Å². The maximum atomic E-state index is 12.4. The summed E-state index contributed by atoms with van der Waals surface area (Å²) in [5, 5.41) is 0. The molecule has 5 nitrogen and oxygen atoms in total. The number of halogens is 4. The van der Waals surface area contributed by atoms with Crippen molar-refractivity contribution in [3.8, 4) is 11.5 Å². The van der Waals surface area contributed by atoms with Crippen LogP contribution in [0.4, 0.5) is 13.2 Å². The van der Waals surface area contributed by atoms with Gasteiger partial charge in [-0.2, -0.15) is 0 Å². The highest BCUT2D eigenvalue weighted by Gasteiger charge is 2.35. The molecule has 0 aromatic carbocycles. The van der Waals surface area contributed by atoms with Crippen LogP contribution in [0.2, 0.25) is 0 Å². The van der Waals surface area contributed by atoms with Gasteiger partial charge in [0.1, 0.15) is 0 Å². The molecule has 112 valence electrons. The summed E-state index contributed by atoms with van der Waals surface area (Å²) in [6.07, 6.45) is -4.22. The Morgan fingerprint density at radius 2 is 2.00 bits per heavy atom. The maximum Gasteiger partial charge on any atom is 0.573 e. The summed E-state index contributed by atoms with van der Waals surface area (Å²) in [6, 6.07) is 0. The number of esters is 1. The Balaban J connectivity index is 3.31. The highest BCUT2D eigenvalue weighted by atomic mass is 35.5. The van der Waals surface area contributed by atoms with E-state index in [1.54, 1.807) is 0 Å². The molecular weight excluding hydrogens is 303 g/mol. The zero-order valence-corrected chi connectivity index (χ0v) is 11.3. The van der Waals surface area contributed by atoms with Crippen LogP contribution < -0.4 is 9.47 Å². The molecule has 0 amide bonds. The normalized spacial score (nSPS) is 11.1. The van der Waals surface area contributed by atoms with E-state index in [4.69, 9.17) is 16.3 Å². The molecule has 0 fully saturated rings. The molecule has 0 saturated carbocycles. The van der Waals surface area contributed by atoms with Gasteiger partial charge in [-0.05, 0) is 0 Å². The molecule has 0 aliphatic carbocycles. The van der Waals surface area contributed by atoms with Crippen LogP contribution in [-0.4, -0.2) is 31.5 Å². The lowest BCUT2D eigenvalue weighted by Gasteiger charge is -2.17. The third-order valence-corrected chi connectivity index (χ3v) is 2.53. The monoisotopic (exact) mass is 313 g/mol. The lowest BCUT2D eigenvalue weighted by Crippen LogP contribution is -2.20. The van der Waals surface area contributed by atoms with Gasteiger partial charge >= 0.3 is 12.3 Å². The largest absolute Gasteiger partial charge is 0.573 e. The molecule has 1 rings (SSSR count). The standard InChI is InChI=1S/C11H11ClF3NO4/c1-18-8(17)3-7-10(20-11(13,14)15)9(19-2)6(4-12)5-16-7/h5H,3-4H2,1-2H3. The summed E-state index contributed by atoms with van der Waals surface area (Å²) in [4.78, 5) is 14.9. The van der Waals surface area contributed by atoms with Gasteiger partial charge in [-0.3, -0.25) is 9.78 Å². The molecule has 20 heavy (non-hydrogen) atoms. The SMILES string of the molecule is COC(=O)Cc1ncc(CCl)c(OC)c1OC(F)(F)F. The van der Waals surface area contributed by atoms with Crippen LogP contribution >= 0.6 is 11.6 Å². The number of alkyl halides is 4. The predicted octanol–water partition coefficient (Wildman–Crippen LogP) is 2.44. The lowest BCUT2D eigenvalue weighted by molar-refractivity contribution is -0.275. The minimum atomic E-state index is -4.95. The Kier molecular flexibility index (Phi) is 5.43. The number of hydrogen-bond acceptors (Lipinski definition) is 5. The second-order valence-corrected chi connectivity index (χ2v) is 3.79. The van der Waals surface area contributed by atoms with Gasteiger partial charge < -0.3 is 14.2 Å². The summed E-state index contributed by atoms with van der Waals surface area (Å²) < 4.78 is 50.5. The third kappa shape index (κ3) is 4.16. The third-order valence-electron chi connectivity index (χ3n) is 2.24. The van der Waals surface area contributed by atoms with E-state index in [9.17, 15) is 18.0 Å². The number of carbonyl (C=O) groups is 1. The van der Waals surface area contributed by atoms with E-state index in [0.717, 1.165) is 14.2 Å². The van der Waals surface area contributed by atoms with Crippen LogP contribution in [0.15, 0.2) is 6.20 Å². The van der Waals surface area contributed by atoms with Crippen molar-refractivity contribution in [1.82, 2.24) is 4.98 Å². The number of ether oxygens (including phenoxy) is 3. The van der Waals surface area contributed by atoms with Gasteiger partial charge in [-0.15, -0.1) is 24.8 Å². The quantitative estimate of drug-likeness (QED) is 0.617. The number of pyridine rings is 1. The number of hydrogen-bond donors (Lipinski definition) is 0. The van der Waals surface area contributed by atoms with Gasteiger partial charge in [0.2, 0.25) is 0 Å². The molecule has 0 unspecified atom stereocenters. The first-order chi connectivity index (χ1) is 9.32. The minimum absolute atomic E-state index is 0.122. The van der Waals surface area contributed by atoms with Crippen LogP contribution in [0, 0.1) is 0 Å². The Morgan fingerprint density at radius 1 is 1.35 bits per heavy atom. The van der Waals surface area contributed by atoms with E-state index in [1.165, 1.54) is 6.20 Å². The lowest BCUT2D eigenvalue weighted by atomic mass is 10.2. The van der Waals surface area contributed by atoms with Crippen molar-refractivity contribution >= 4 is 17.6 Å². The van der Waals surface area contributed by atoms with E-state index >= 15 is 0 Å². The summed E-state index contributed by atoms with van der Waals surface area (Å²) >= 11 is 5.59. The number of methoxy groups -OCH3 is 2. The fourth-order valence-corrected chi connectivity index (χ4v) is 1.62. The molecule has 0 bridgehead atoms. The Hall–Kier alpha value is -1.70.